The topological polar surface area (TPSA) is 33.2 Å². The smallest absolute Gasteiger partial charge is 0.254 e. The molecule has 0 fully saturated rings. The van der Waals surface area contributed by atoms with Gasteiger partial charge in [0.15, 0.2) is 0 Å². The fraction of sp³-hybridized carbons (Fsp3) is 0.455. The van der Waals surface area contributed by atoms with E-state index < -0.39 is 0 Å². The fourth-order valence-electron chi connectivity index (χ4n) is 3.18. The average molecular weight is 338 g/mol. The number of rotatable bonds is 9. The number of benzene rings is 1. The van der Waals surface area contributed by atoms with Gasteiger partial charge in [0.2, 0.25) is 0 Å². The van der Waals surface area contributed by atoms with E-state index in [2.05, 4.69) is 11.9 Å². The summed E-state index contributed by atoms with van der Waals surface area (Å²) in [5.41, 5.74) is 4.08. The molecular weight excluding hydrogens is 308 g/mol. The van der Waals surface area contributed by atoms with Crippen LogP contribution in [0.1, 0.15) is 66.1 Å². The SMILES string of the molecule is CCCCCCCN(Cc1ccncc1)C(=O)c1c(C)cccc1C. The van der Waals surface area contributed by atoms with Gasteiger partial charge in [-0.2, -0.15) is 0 Å². The number of hydrogen-bond donors (Lipinski definition) is 0. The quantitative estimate of drug-likeness (QED) is 0.580. The lowest BCUT2D eigenvalue weighted by Gasteiger charge is -2.24. The summed E-state index contributed by atoms with van der Waals surface area (Å²) in [5.74, 6) is 0.142. The van der Waals surface area contributed by atoms with E-state index in [0.29, 0.717) is 6.54 Å². The van der Waals surface area contributed by atoms with Gasteiger partial charge >= 0.3 is 0 Å². The predicted molar refractivity (Wildman–Crippen MR) is 104 cm³/mol. The summed E-state index contributed by atoms with van der Waals surface area (Å²) in [7, 11) is 0. The summed E-state index contributed by atoms with van der Waals surface area (Å²) in [4.78, 5) is 19.3. The lowest BCUT2D eigenvalue weighted by atomic mass is 10.0. The van der Waals surface area contributed by atoms with E-state index in [1.807, 2.05) is 49.1 Å². The van der Waals surface area contributed by atoms with Crippen LogP contribution in [0.25, 0.3) is 0 Å². The van der Waals surface area contributed by atoms with Crippen LogP contribution in [0.3, 0.4) is 0 Å². The highest BCUT2D eigenvalue weighted by Crippen LogP contribution is 2.18. The third-order valence-corrected chi connectivity index (χ3v) is 4.64. The van der Waals surface area contributed by atoms with Crippen molar-refractivity contribution in [3.05, 3.63) is 65.0 Å². The molecule has 0 aliphatic heterocycles. The summed E-state index contributed by atoms with van der Waals surface area (Å²) in [6.45, 7) is 7.71. The molecule has 0 saturated heterocycles. The van der Waals surface area contributed by atoms with Crippen molar-refractivity contribution in [3.63, 3.8) is 0 Å². The molecule has 0 aliphatic rings. The molecule has 0 bridgehead atoms. The summed E-state index contributed by atoms with van der Waals surface area (Å²) < 4.78 is 0. The highest BCUT2D eigenvalue weighted by atomic mass is 16.2. The monoisotopic (exact) mass is 338 g/mol. The minimum Gasteiger partial charge on any atom is -0.334 e. The summed E-state index contributed by atoms with van der Waals surface area (Å²) in [5, 5.41) is 0. The molecule has 0 atom stereocenters. The van der Waals surface area contributed by atoms with Crippen LogP contribution in [0.2, 0.25) is 0 Å². The van der Waals surface area contributed by atoms with Crippen LogP contribution in [0.5, 0.6) is 0 Å². The van der Waals surface area contributed by atoms with Crippen molar-refractivity contribution in [2.45, 2.75) is 59.4 Å². The first-order valence-corrected chi connectivity index (χ1v) is 9.38. The Balaban J connectivity index is 2.13. The molecule has 25 heavy (non-hydrogen) atoms. The summed E-state index contributed by atoms with van der Waals surface area (Å²) >= 11 is 0. The second kappa shape index (κ2) is 9.97. The Bertz CT molecular complexity index is 647. The third kappa shape index (κ3) is 5.70. The van der Waals surface area contributed by atoms with Crippen LogP contribution >= 0.6 is 0 Å². The molecule has 134 valence electrons. The lowest BCUT2D eigenvalue weighted by molar-refractivity contribution is 0.0738. The highest BCUT2D eigenvalue weighted by Gasteiger charge is 2.19. The van der Waals surface area contributed by atoms with Crippen molar-refractivity contribution in [2.24, 2.45) is 0 Å². The van der Waals surface area contributed by atoms with Gasteiger partial charge in [-0.05, 0) is 49.1 Å². The van der Waals surface area contributed by atoms with Gasteiger partial charge in [-0.15, -0.1) is 0 Å². The third-order valence-electron chi connectivity index (χ3n) is 4.64. The molecule has 0 unspecified atom stereocenters. The number of carbonyl (C=O) groups is 1. The number of unbranched alkanes of at least 4 members (excludes halogenated alkanes) is 4. The minimum atomic E-state index is 0.142. The van der Waals surface area contributed by atoms with E-state index in [1.165, 1.54) is 25.7 Å². The van der Waals surface area contributed by atoms with Crippen LogP contribution in [0, 0.1) is 13.8 Å². The second-order valence-electron chi connectivity index (χ2n) is 6.76. The van der Waals surface area contributed by atoms with Crippen molar-refractivity contribution in [2.75, 3.05) is 6.54 Å². The number of pyridine rings is 1. The first kappa shape index (κ1) is 19.2. The molecule has 0 N–H and O–H groups in total. The molecule has 2 aromatic rings. The van der Waals surface area contributed by atoms with Crippen LogP contribution in [0.4, 0.5) is 0 Å². The first-order chi connectivity index (χ1) is 12.1. The molecule has 0 aliphatic carbocycles. The predicted octanol–water partition coefficient (Wildman–Crippen LogP) is 5.31. The number of amides is 1. The van der Waals surface area contributed by atoms with Gasteiger partial charge in [0.25, 0.3) is 5.91 Å². The molecule has 2 rings (SSSR count). The van der Waals surface area contributed by atoms with Crippen molar-refractivity contribution < 1.29 is 4.79 Å². The second-order valence-corrected chi connectivity index (χ2v) is 6.76. The zero-order valence-electron chi connectivity index (χ0n) is 15.8. The normalized spacial score (nSPS) is 10.7. The van der Waals surface area contributed by atoms with Gasteiger partial charge in [-0.25, -0.2) is 0 Å². The number of aryl methyl sites for hydroxylation is 2. The molecule has 1 amide bonds. The molecular formula is C22H30N2O. The van der Waals surface area contributed by atoms with Crippen LogP contribution < -0.4 is 0 Å². The van der Waals surface area contributed by atoms with Gasteiger partial charge in [-0.3, -0.25) is 9.78 Å². The van der Waals surface area contributed by atoms with Crippen molar-refractivity contribution >= 4 is 5.91 Å². The van der Waals surface area contributed by atoms with E-state index in [-0.39, 0.29) is 5.91 Å². The van der Waals surface area contributed by atoms with Crippen molar-refractivity contribution in [1.29, 1.82) is 0 Å². The van der Waals surface area contributed by atoms with E-state index in [9.17, 15) is 4.79 Å². The zero-order chi connectivity index (χ0) is 18.1. The van der Waals surface area contributed by atoms with Crippen molar-refractivity contribution in [3.8, 4) is 0 Å². The Kier molecular flexibility index (Phi) is 7.65. The van der Waals surface area contributed by atoms with Crippen LogP contribution in [0.15, 0.2) is 42.7 Å². The first-order valence-electron chi connectivity index (χ1n) is 9.38. The number of hydrogen-bond acceptors (Lipinski definition) is 2. The standard InChI is InChI=1S/C22H30N2O/c1-4-5-6-7-8-16-24(17-20-12-14-23-15-13-20)22(25)21-18(2)10-9-11-19(21)3/h9-15H,4-8,16-17H2,1-3H3. The molecule has 3 heteroatoms. The van der Waals surface area contributed by atoms with Gasteiger partial charge in [0.1, 0.15) is 0 Å². The Hall–Kier alpha value is -2.16. The van der Waals surface area contributed by atoms with Gasteiger partial charge < -0.3 is 4.90 Å². The van der Waals surface area contributed by atoms with Crippen LogP contribution in [-0.4, -0.2) is 22.3 Å². The number of aromatic nitrogens is 1. The molecule has 1 aromatic carbocycles. The largest absolute Gasteiger partial charge is 0.334 e. The summed E-state index contributed by atoms with van der Waals surface area (Å²) in [6, 6.07) is 10.0. The lowest BCUT2D eigenvalue weighted by Crippen LogP contribution is -2.32. The van der Waals surface area contributed by atoms with Gasteiger partial charge in [-0.1, -0.05) is 50.8 Å². The zero-order valence-corrected chi connectivity index (χ0v) is 15.8. The molecule has 0 radical (unpaired) electrons. The molecule has 1 heterocycles. The van der Waals surface area contributed by atoms with E-state index in [1.54, 1.807) is 12.4 Å². The van der Waals surface area contributed by atoms with Gasteiger partial charge in [0, 0.05) is 31.0 Å². The summed E-state index contributed by atoms with van der Waals surface area (Å²) in [6.07, 6.45) is 9.58. The maximum atomic E-state index is 13.2. The van der Waals surface area contributed by atoms with Gasteiger partial charge in [0.05, 0.1) is 0 Å². The number of carbonyl (C=O) groups excluding carboxylic acids is 1. The molecule has 0 saturated carbocycles. The minimum absolute atomic E-state index is 0.142. The Morgan fingerprint density at radius 3 is 2.24 bits per heavy atom. The van der Waals surface area contributed by atoms with Crippen LogP contribution in [-0.2, 0) is 6.54 Å². The molecule has 0 spiro atoms. The molecule has 1 aromatic heterocycles. The maximum absolute atomic E-state index is 13.2. The maximum Gasteiger partial charge on any atom is 0.254 e. The fourth-order valence-corrected chi connectivity index (χ4v) is 3.18. The highest BCUT2D eigenvalue weighted by molar-refractivity contribution is 5.97. The Labute approximate surface area is 152 Å². The van der Waals surface area contributed by atoms with Crippen molar-refractivity contribution in [1.82, 2.24) is 9.88 Å². The Morgan fingerprint density at radius 2 is 1.60 bits per heavy atom. The molecule has 3 nitrogen and oxygen atoms in total. The van der Waals surface area contributed by atoms with E-state index >= 15 is 0 Å². The number of nitrogens with zero attached hydrogens (tertiary/aromatic N) is 2. The Morgan fingerprint density at radius 1 is 0.960 bits per heavy atom. The van der Waals surface area contributed by atoms with E-state index in [4.69, 9.17) is 0 Å². The average Bonchev–Trinajstić information content (AvgIpc) is 2.61. The van der Waals surface area contributed by atoms with E-state index in [0.717, 1.165) is 35.2 Å².